The van der Waals surface area contributed by atoms with Crippen molar-refractivity contribution in [1.29, 1.82) is 0 Å². The van der Waals surface area contributed by atoms with Gasteiger partial charge in [-0.3, -0.25) is 4.79 Å². The highest BCUT2D eigenvalue weighted by atomic mass is 16.1. The van der Waals surface area contributed by atoms with Gasteiger partial charge in [0.25, 0.3) is 0 Å². The van der Waals surface area contributed by atoms with Crippen molar-refractivity contribution in [2.24, 2.45) is 23.5 Å². The first kappa shape index (κ1) is 14.8. The van der Waals surface area contributed by atoms with Gasteiger partial charge in [-0.25, -0.2) is 0 Å². The highest BCUT2D eigenvalue weighted by Crippen LogP contribution is 2.30. The number of hydrogen-bond donors (Lipinski definition) is 2. The van der Waals surface area contributed by atoms with Gasteiger partial charge in [-0.15, -0.1) is 0 Å². The average molecular weight is 266 g/mol. The molecule has 110 valence electrons. The molecule has 0 bridgehead atoms. The van der Waals surface area contributed by atoms with Gasteiger partial charge in [-0.05, 0) is 62.8 Å². The van der Waals surface area contributed by atoms with Gasteiger partial charge >= 0.3 is 0 Å². The standard InChI is InChI=1S/C16H30N2O/c17-11-14-8-6-13(7-9-14)10-16(19)18-12-15-4-2-1-3-5-15/h13-15H,1-12,17H2,(H,18,19). The molecule has 2 aliphatic rings. The molecule has 2 saturated carbocycles. The summed E-state index contributed by atoms with van der Waals surface area (Å²) in [5, 5.41) is 3.16. The molecule has 0 spiro atoms. The molecular weight excluding hydrogens is 236 g/mol. The van der Waals surface area contributed by atoms with Crippen molar-refractivity contribution in [1.82, 2.24) is 5.32 Å². The number of amides is 1. The molecule has 0 radical (unpaired) electrons. The number of carbonyl (C=O) groups is 1. The van der Waals surface area contributed by atoms with E-state index in [-0.39, 0.29) is 5.91 Å². The minimum atomic E-state index is 0.279. The molecule has 0 unspecified atom stereocenters. The van der Waals surface area contributed by atoms with E-state index in [2.05, 4.69) is 5.32 Å². The summed E-state index contributed by atoms with van der Waals surface area (Å²) in [5.41, 5.74) is 5.70. The van der Waals surface area contributed by atoms with E-state index in [0.29, 0.717) is 11.8 Å². The van der Waals surface area contributed by atoms with Crippen molar-refractivity contribution in [2.75, 3.05) is 13.1 Å². The van der Waals surface area contributed by atoms with Crippen molar-refractivity contribution in [3.05, 3.63) is 0 Å². The van der Waals surface area contributed by atoms with Crippen LogP contribution in [0.15, 0.2) is 0 Å². The van der Waals surface area contributed by atoms with Crippen molar-refractivity contribution in [3.63, 3.8) is 0 Å². The lowest BCUT2D eigenvalue weighted by atomic mass is 9.80. The topological polar surface area (TPSA) is 55.1 Å². The van der Waals surface area contributed by atoms with Crippen LogP contribution in [-0.2, 0) is 4.79 Å². The van der Waals surface area contributed by atoms with Crippen molar-refractivity contribution >= 4 is 5.91 Å². The van der Waals surface area contributed by atoms with Gasteiger partial charge < -0.3 is 11.1 Å². The first-order valence-electron chi connectivity index (χ1n) is 8.24. The van der Waals surface area contributed by atoms with E-state index in [4.69, 9.17) is 5.73 Å². The number of nitrogens with two attached hydrogens (primary N) is 1. The molecule has 3 heteroatoms. The van der Waals surface area contributed by atoms with Crippen molar-refractivity contribution < 1.29 is 4.79 Å². The molecule has 0 heterocycles. The number of rotatable bonds is 5. The lowest BCUT2D eigenvalue weighted by Gasteiger charge is -2.27. The van der Waals surface area contributed by atoms with Gasteiger partial charge in [0.05, 0.1) is 0 Å². The highest BCUT2D eigenvalue weighted by Gasteiger charge is 2.22. The van der Waals surface area contributed by atoms with Crippen LogP contribution in [0, 0.1) is 17.8 Å². The van der Waals surface area contributed by atoms with Crippen LogP contribution in [0.1, 0.15) is 64.2 Å². The summed E-state index contributed by atoms with van der Waals surface area (Å²) in [6, 6.07) is 0. The molecule has 2 rings (SSSR count). The Bertz CT molecular complexity index is 266. The van der Waals surface area contributed by atoms with Crippen LogP contribution in [-0.4, -0.2) is 19.0 Å². The summed E-state index contributed by atoms with van der Waals surface area (Å²) in [7, 11) is 0. The van der Waals surface area contributed by atoms with Crippen LogP contribution >= 0.6 is 0 Å². The Balaban J connectivity index is 1.59. The van der Waals surface area contributed by atoms with Crippen LogP contribution in [0.5, 0.6) is 0 Å². The van der Waals surface area contributed by atoms with Crippen LogP contribution in [0.2, 0.25) is 0 Å². The first-order chi connectivity index (χ1) is 9.28. The fraction of sp³-hybridized carbons (Fsp3) is 0.938. The van der Waals surface area contributed by atoms with E-state index >= 15 is 0 Å². The number of hydrogen-bond acceptors (Lipinski definition) is 2. The second kappa shape index (κ2) is 7.88. The van der Waals surface area contributed by atoms with Crippen LogP contribution in [0.25, 0.3) is 0 Å². The van der Waals surface area contributed by atoms with Crippen molar-refractivity contribution in [2.45, 2.75) is 64.2 Å². The lowest BCUT2D eigenvalue weighted by molar-refractivity contribution is -0.122. The molecule has 1 amide bonds. The molecule has 0 aromatic rings. The average Bonchev–Trinajstić information content (AvgIpc) is 2.47. The SMILES string of the molecule is NCC1CCC(CC(=O)NCC2CCCCC2)CC1. The van der Waals surface area contributed by atoms with E-state index in [1.165, 1.54) is 57.8 Å². The summed E-state index contributed by atoms with van der Waals surface area (Å²) in [4.78, 5) is 12.0. The van der Waals surface area contributed by atoms with E-state index < -0.39 is 0 Å². The minimum absolute atomic E-state index is 0.279. The summed E-state index contributed by atoms with van der Waals surface area (Å²) >= 11 is 0. The minimum Gasteiger partial charge on any atom is -0.356 e. The van der Waals surface area contributed by atoms with Crippen molar-refractivity contribution in [3.8, 4) is 0 Å². The highest BCUT2D eigenvalue weighted by molar-refractivity contribution is 5.76. The molecule has 3 N–H and O–H groups in total. The van der Waals surface area contributed by atoms with Gasteiger partial charge in [0.15, 0.2) is 0 Å². The zero-order chi connectivity index (χ0) is 13.5. The molecule has 0 aromatic heterocycles. The van der Waals surface area contributed by atoms with E-state index in [9.17, 15) is 4.79 Å². The smallest absolute Gasteiger partial charge is 0.220 e. The summed E-state index contributed by atoms with van der Waals surface area (Å²) in [5.74, 6) is 2.34. The maximum atomic E-state index is 12.0. The third kappa shape index (κ3) is 5.13. The van der Waals surface area contributed by atoms with Crippen LogP contribution in [0.4, 0.5) is 0 Å². The maximum Gasteiger partial charge on any atom is 0.220 e. The molecule has 2 aliphatic carbocycles. The molecule has 0 aliphatic heterocycles. The van der Waals surface area contributed by atoms with E-state index in [0.717, 1.165) is 25.4 Å². The Kier molecular flexibility index (Phi) is 6.15. The van der Waals surface area contributed by atoms with Gasteiger partial charge in [0, 0.05) is 13.0 Å². The van der Waals surface area contributed by atoms with Gasteiger partial charge in [-0.2, -0.15) is 0 Å². The van der Waals surface area contributed by atoms with E-state index in [1.54, 1.807) is 0 Å². The van der Waals surface area contributed by atoms with Gasteiger partial charge in [-0.1, -0.05) is 19.3 Å². The lowest BCUT2D eigenvalue weighted by Crippen LogP contribution is -2.32. The Morgan fingerprint density at radius 3 is 2.16 bits per heavy atom. The Morgan fingerprint density at radius 2 is 1.53 bits per heavy atom. The largest absolute Gasteiger partial charge is 0.356 e. The van der Waals surface area contributed by atoms with Crippen LogP contribution < -0.4 is 11.1 Å². The monoisotopic (exact) mass is 266 g/mol. The zero-order valence-corrected chi connectivity index (χ0v) is 12.2. The Hall–Kier alpha value is -0.570. The van der Waals surface area contributed by atoms with Gasteiger partial charge in [0.1, 0.15) is 0 Å². The summed E-state index contributed by atoms with van der Waals surface area (Å²) < 4.78 is 0. The molecule has 0 atom stereocenters. The van der Waals surface area contributed by atoms with Gasteiger partial charge in [0.2, 0.25) is 5.91 Å². The zero-order valence-electron chi connectivity index (χ0n) is 12.2. The third-order valence-electron chi connectivity index (χ3n) is 5.09. The second-order valence-corrected chi connectivity index (χ2v) is 6.63. The summed E-state index contributed by atoms with van der Waals surface area (Å²) in [6.07, 6.45) is 12.3. The second-order valence-electron chi connectivity index (χ2n) is 6.63. The molecular formula is C16H30N2O. The summed E-state index contributed by atoms with van der Waals surface area (Å²) in [6.45, 7) is 1.73. The molecule has 19 heavy (non-hydrogen) atoms. The molecule has 0 aromatic carbocycles. The Labute approximate surface area is 117 Å². The maximum absolute atomic E-state index is 12.0. The predicted molar refractivity (Wildman–Crippen MR) is 78.7 cm³/mol. The number of nitrogens with one attached hydrogen (secondary N) is 1. The fourth-order valence-electron chi connectivity index (χ4n) is 3.66. The molecule has 3 nitrogen and oxygen atoms in total. The first-order valence-corrected chi connectivity index (χ1v) is 8.24. The molecule has 0 saturated heterocycles. The normalized spacial score (nSPS) is 29.1. The Morgan fingerprint density at radius 1 is 0.895 bits per heavy atom. The third-order valence-corrected chi connectivity index (χ3v) is 5.09. The van der Waals surface area contributed by atoms with Crippen LogP contribution in [0.3, 0.4) is 0 Å². The number of carbonyl (C=O) groups excluding carboxylic acids is 1. The predicted octanol–water partition coefficient (Wildman–Crippen LogP) is 2.84. The van der Waals surface area contributed by atoms with E-state index in [1.807, 2.05) is 0 Å². The molecule has 2 fully saturated rings. The fourth-order valence-corrected chi connectivity index (χ4v) is 3.66. The quantitative estimate of drug-likeness (QED) is 0.804.